The van der Waals surface area contributed by atoms with Crippen LogP contribution in [0.5, 0.6) is 5.75 Å². The number of nitrogens with one attached hydrogen (secondary N) is 1. The molecule has 1 N–H and O–H groups in total. The molecule has 1 unspecified atom stereocenters. The Morgan fingerprint density at radius 1 is 1.14 bits per heavy atom. The van der Waals surface area contributed by atoms with Crippen molar-refractivity contribution in [3.8, 4) is 17.0 Å². The van der Waals surface area contributed by atoms with E-state index in [0.717, 1.165) is 22.4 Å². The number of carbonyl (C=O) groups is 1. The SMILES string of the molecule is COc1cccc(CNC(=O)C(C)n2nc(-c3ccc(C)cc3)ccc2=O)c1. The van der Waals surface area contributed by atoms with Crippen molar-refractivity contribution in [1.82, 2.24) is 15.1 Å². The van der Waals surface area contributed by atoms with E-state index in [-0.39, 0.29) is 11.5 Å². The Morgan fingerprint density at radius 3 is 2.61 bits per heavy atom. The van der Waals surface area contributed by atoms with Gasteiger partial charge in [0, 0.05) is 18.2 Å². The van der Waals surface area contributed by atoms with Crippen molar-refractivity contribution in [2.24, 2.45) is 0 Å². The maximum absolute atomic E-state index is 12.6. The van der Waals surface area contributed by atoms with Crippen LogP contribution in [0.1, 0.15) is 24.1 Å². The summed E-state index contributed by atoms with van der Waals surface area (Å²) in [6.45, 7) is 4.01. The van der Waals surface area contributed by atoms with Gasteiger partial charge in [0.1, 0.15) is 11.8 Å². The number of amides is 1. The first kappa shape index (κ1) is 19.4. The van der Waals surface area contributed by atoms with E-state index in [2.05, 4.69) is 10.4 Å². The highest BCUT2D eigenvalue weighted by Crippen LogP contribution is 2.17. The lowest BCUT2D eigenvalue weighted by molar-refractivity contribution is -0.124. The molecular weight excluding hydrogens is 354 g/mol. The molecule has 0 fully saturated rings. The summed E-state index contributed by atoms with van der Waals surface area (Å²) in [6, 6.07) is 17.7. The van der Waals surface area contributed by atoms with Gasteiger partial charge in [-0.1, -0.05) is 42.0 Å². The van der Waals surface area contributed by atoms with Crippen molar-refractivity contribution in [2.75, 3.05) is 7.11 Å². The molecule has 0 aliphatic carbocycles. The first-order chi connectivity index (χ1) is 13.5. The average Bonchev–Trinajstić information content (AvgIpc) is 2.72. The van der Waals surface area contributed by atoms with Crippen molar-refractivity contribution in [3.05, 3.63) is 82.1 Å². The molecule has 6 heteroatoms. The van der Waals surface area contributed by atoms with E-state index in [4.69, 9.17) is 4.74 Å². The van der Waals surface area contributed by atoms with E-state index in [9.17, 15) is 9.59 Å². The minimum absolute atomic E-state index is 0.279. The molecule has 1 atom stereocenters. The van der Waals surface area contributed by atoms with Crippen molar-refractivity contribution in [1.29, 1.82) is 0 Å². The summed E-state index contributed by atoms with van der Waals surface area (Å²) in [7, 11) is 1.60. The number of nitrogens with zero attached hydrogens (tertiary/aromatic N) is 2. The molecule has 2 aromatic carbocycles. The van der Waals surface area contributed by atoms with Crippen molar-refractivity contribution < 1.29 is 9.53 Å². The first-order valence-corrected chi connectivity index (χ1v) is 9.05. The van der Waals surface area contributed by atoms with Gasteiger partial charge in [0.25, 0.3) is 5.56 Å². The van der Waals surface area contributed by atoms with E-state index < -0.39 is 6.04 Å². The molecule has 3 rings (SSSR count). The Bertz CT molecular complexity index is 1030. The van der Waals surface area contributed by atoms with Gasteiger partial charge in [-0.3, -0.25) is 9.59 Å². The molecule has 6 nitrogen and oxygen atoms in total. The highest BCUT2D eigenvalue weighted by molar-refractivity contribution is 5.79. The minimum Gasteiger partial charge on any atom is -0.497 e. The van der Waals surface area contributed by atoms with Crippen LogP contribution in [0.2, 0.25) is 0 Å². The van der Waals surface area contributed by atoms with Gasteiger partial charge in [0.05, 0.1) is 12.8 Å². The van der Waals surface area contributed by atoms with E-state index in [1.807, 2.05) is 55.5 Å². The summed E-state index contributed by atoms with van der Waals surface area (Å²) in [4.78, 5) is 24.8. The third kappa shape index (κ3) is 4.46. The Labute approximate surface area is 163 Å². The fourth-order valence-electron chi connectivity index (χ4n) is 2.81. The van der Waals surface area contributed by atoms with Gasteiger partial charge < -0.3 is 10.1 Å². The molecule has 0 saturated heterocycles. The third-order valence-corrected chi connectivity index (χ3v) is 4.52. The molecule has 0 radical (unpaired) electrons. The van der Waals surface area contributed by atoms with Gasteiger partial charge in [0.2, 0.25) is 5.91 Å². The van der Waals surface area contributed by atoms with Gasteiger partial charge in [-0.2, -0.15) is 5.10 Å². The number of hydrogen-bond acceptors (Lipinski definition) is 4. The first-order valence-electron chi connectivity index (χ1n) is 9.05. The lowest BCUT2D eigenvalue weighted by Crippen LogP contribution is -2.36. The van der Waals surface area contributed by atoms with Gasteiger partial charge in [0.15, 0.2) is 0 Å². The van der Waals surface area contributed by atoms with Gasteiger partial charge >= 0.3 is 0 Å². The van der Waals surface area contributed by atoms with E-state index in [1.54, 1.807) is 20.1 Å². The maximum atomic E-state index is 12.6. The predicted octanol–water partition coefficient (Wildman–Crippen LogP) is 3.10. The van der Waals surface area contributed by atoms with Crippen LogP contribution < -0.4 is 15.6 Å². The number of aromatic nitrogens is 2. The number of methoxy groups -OCH3 is 1. The summed E-state index contributed by atoms with van der Waals surface area (Å²) >= 11 is 0. The standard InChI is InChI=1S/C22H23N3O3/c1-15-7-9-18(10-8-15)20-11-12-21(26)25(24-20)16(2)22(27)23-14-17-5-4-6-19(13-17)28-3/h4-13,16H,14H2,1-3H3,(H,23,27). The molecule has 0 aliphatic heterocycles. The monoisotopic (exact) mass is 377 g/mol. The lowest BCUT2D eigenvalue weighted by atomic mass is 10.1. The minimum atomic E-state index is -0.733. The fraction of sp³-hybridized carbons (Fsp3) is 0.227. The highest BCUT2D eigenvalue weighted by atomic mass is 16.5. The third-order valence-electron chi connectivity index (χ3n) is 4.52. The Hall–Kier alpha value is -3.41. The molecule has 0 saturated carbocycles. The summed E-state index contributed by atoms with van der Waals surface area (Å²) < 4.78 is 6.41. The molecule has 3 aromatic rings. The normalized spacial score (nSPS) is 11.7. The lowest BCUT2D eigenvalue weighted by Gasteiger charge is -2.15. The number of hydrogen-bond donors (Lipinski definition) is 1. The highest BCUT2D eigenvalue weighted by Gasteiger charge is 2.18. The summed E-state index contributed by atoms with van der Waals surface area (Å²) in [5.74, 6) is 0.446. The number of ether oxygens (including phenoxy) is 1. The molecule has 1 heterocycles. The molecule has 1 aromatic heterocycles. The van der Waals surface area contributed by atoms with Crippen LogP contribution in [0.4, 0.5) is 0 Å². The Balaban J connectivity index is 1.76. The smallest absolute Gasteiger partial charge is 0.267 e. The van der Waals surface area contributed by atoms with Crippen molar-refractivity contribution >= 4 is 5.91 Å². The van der Waals surface area contributed by atoms with Crippen LogP contribution in [-0.4, -0.2) is 22.8 Å². The van der Waals surface area contributed by atoms with Gasteiger partial charge in [-0.25, -0.2) is 4.68 Å². The van der Waals surface area contributed by atoms with E-state index >= 15 is 0 Å². The molecule has 144 valence electrons. The summed E-state index contributed by atoms with van der Waals surface area (Å²) in [5, 5.41) is 7.25. The molecule has 0 aliphatic rings. The number of aryl methyl sites for hydroxylation is 1. The molecule has 0 bridgehead atoms. The van der Waals surface area contributed by atoms with Crippen LogP contribution in [0.15, 0.2) is 65.5 Å². The fourth-order valence-corrected chi connectivity index (χ4v) is 2.81. The molecular formula is C22H23N3O3. The zero-order valence-corrected chi connectivity index (χ0v) is 16.2. The predicted molar refractivity (Wildman–Crippen MR) is 108 cm³/mol. The molecule has 28 heavy (non-hydrogen) atoms. The van der Waals surface area contributed by atoms with Gasteiger partial charge in [-0.15, -0.1) is 0 Å². The largest absolute Gasteiger partial charge is 0.497 e. The van der Waals surface area contributed by atoms with Crippen LogP contribution in [0.25, 0.3) is 11.3 Å². The van der Waals surface area contributed by atoms with Crippen LogP contribution in [-0.2, 0) is 11.3 Å². The molecule has 0 spiro atoms. The summed E-state index contributed by atoms with van der Waals surface area (Å²) in [6.07, 6.45) is 0. The van der Waals surface area contributed by atoms with Crippen molar-refractivity contribution in [3.63, 3.8) is 0 Å². The van der Waals surface area contributed by atoms with Crippen LogP contribution in [0, 0.1) is 6.92 Å². The second kappa shape index (κ2) is 8.52. The number of benzene rings is 2. The Kier molecular flexibility index (Phi) is 5.89. The van der Waals surface area contributed by atoms with Crippen molar-refractivity contribution in [2.45, 2.75) is 26.4 Å². The Morgan fingerprint density at radius 2 is 1.89 bits per heavy atom. The van der Waals surface area contributed by atoms with Crippen LogP contribution in [0.3, 0.4) is 0 Å². The van der Waals surface area contributed by atoms with E-state index in [1.165, 1.54) is 10.7 Å². The quantitative estimate of drug-likeness (QED) is 0.716. The number of rotatable bonds is 6. The summed E-state index contributed by atoms with van der Waals surface area (Å²) in [5.41, 5.74) is 3.27. The topological polar surface area (TPSA) is 73.2 Å². The second-order valence-corrected chi connectivity index (χ2v) is 6.61. The van der Waals surface area contributed by atoms with E-state index in [0.29, 0.717) is 12.2 Å². The maximum Gasteiger partial charge on any atom is 0.267 e. The zero-order valence-electron chi connectivity index (χ0n) is 16.2. The average molecular weight is 377 g/mol. The zero-order chi connectivity index (χ0) is 20.1. The molecule has 1 amide bonds. The van der Waals surface area contributed by atoms with Crippen LogP contribution >= 0.6 is 0 Å². The number of carbonyl (C=O) groups excluding carboxylic acids is 1. The van der Waals surface area contributed by atoms with Gasteiger partial charge in [-0.05, 0) is 37.6 Å². The second-order valence-electron chi connectivity index (χ2n) is 6.61.